The molecule has 0 aliphatic heterocycles. The van der Waals surface area contributed by atoms with E-state index in [9.17, 15) is 4.79 Å². The molecular weight excluding hydrogens is 285 g/mol. The molecule has 0 N–H and O–H groups in total. The van der Waals surface area contributed by atoms with Crippen molar-refractivity contribution in [2.24, 2.45) is 5.92 Å². The van der Waals surface area contributed by atoms with Gasteiger partial charge in [0.15, 0.2) is 5.69 Å². The van der Waals surface area contributed by atoms with Gasteiger partial charge in [0.1, 0.15) is 5.15 Å². The SMILES string of the molecule is CCCCC(CC)COC(=O)c1nc(Cl)ccc1Cl. The third-order valence-corrected chi connectivity index (χ3v) is 3.51. The first-order chi connectivity index (χ1) is 9.08. The molecule has 106 valence electrons. The number of carbonyl (C=O) groups is 1. The summed E-state index contributed by atoms with van der Waals surface area (Å²) in [6.45, 7) is 4.65. The second-order valence-electron chi connectivity index (χ2n) is 4.48. The minimum absolute atomic E-state index is 0.0829. The van der Waals surface area contributed by atoms with Gasteiger partial charge >= 0.3 is 5.97 Å². The predicted octanol–water partition coefficient (Wildman–Crippen LogP) is 4.76. The van der Waals surface area contributed by atoms with Crippen molar-refractivity contribution < 1.29 is 9.53 Å². The van der Waals surface area contributed by atoms with E-state index < -0.39 is 5.97 Å². The van der Waals surface area contributed by atoms with Crippen molar-refractivity contribution in [2.45, 2.75) is 39.5 Å². The number of carbonyl (C=O) groups excluding carboxylic acids is 1. The maximum absolute atomic E-state index is 11.9. The zero-order chi connectivity index (χ0) is 14.3. The lowest BCUT2D eigenvalue weighted by Gasteiger charge is -2.14. The molecule has 19 heavy (non-hydrogen) atoms. The van der Waals surface area contributed by atoms with Crippen molar-refractivity contribution in [1.29, 1.82) is 0 Å². The van der Waals surface area contributed by atoms with E-state index in [-0.39, 0.29) is 15.9 Å². The summed E-state index contributed by atoms with van der Waals surface area (Å²) >= 11 is 11.6. The molecule has 0 amide bonds. The van der Waals surface area contributed by atoms with Gasteiger partial charge in [-0.3, -0.25) is 0 Å². The molecule has 1 aromatic rings. The minimum Gasteiger partial charge on any atom is -0.461 e. The summed E-state index contributed by atoms with van der Waals surface area (Å²) in [6.07, 6.45) is 4.35. The molecule has 1 aromatic heterocycles. The highest BCUT2D eigenvalue weighted by molar-refractivity contribution is 6.34. The Morgan fingerprint density at radius 3 is 2.74 bits per heavy atom. The van der Waals surface area contributed by atoms with Crippen molar-refractivity contribution >= 4 is 29.2 Å². The van der Waals surface area contributed by atoms with E-state index in [0.29, 0.717) is 12.5 Å². The molecule has 0 bridgehead atoms. The average molecular weight is 304 g/mol. The molecule has 1 heterocycles. The number of halogens is 2. The van der Waals surface area contributed by atoms with Crippen LogP contribution in [0.2, 0.25) is 10.2 Å². The third kappa shape index (κ3) is 5.37. The Balaban J connectivity index is 2.56. The van der Waals surface area contributed by atoms with E-state index >= 15 is 0 Å². The fourth-order valence-corrected chi connectivity index (χ4v) is 2.05. The zero-order valence-corrected chi connectivity index (χ0v) is 12.8. The molecule has 1 rings (SSSR count). The highest BCUT2D eigenvalue weighted by Gasteiger charge is 2.16. The number of unbranched alkanes of at least 4 members (excludes halogenated alkanes) is 1. The Hall–Kier alpha value is -0.800. The maximum atomic E-state index is 11.9. The Labute approximate surface area is 124 Å². The third-order valence-electron chi connectivity index (χ3n) is 3.00. The number of hydrogen-bond donors (Lipinski definition) is 0. The van der Waals surface area contributed by atoms with Crippen LogP contribution in [0.3, 0.4) is 0 Å². The van der Waals surface area contributed by atoms with Crippen LogP contribution in [0.25, 0.3) is 0 Å². The van der Waals surface area contributed by atoms with Crippen LogP contribution in [0, 0.1) is 5.92 Å². The van der Waals surface area contributed by atoms with Gasteiger partial charge in [-0.1, -0.05) is 56.3 Å². The van der Waals surface area contributed by atoms with Crippen LogP contribution in [-0.4, -0.2) is 17.6 Å². The van der Waals surface area contributed by atoms with Crippen LogP contribution < -0.4 is 0 Å². The number of ether oxygens (including phenoxy) is 1. The largest absolute Gasteiger partial charge is 0.461 e. The molecule has 0 saturated heterocycles. The van der Waals surface area contributed by atoms with Gasteiger partial charge in [-0.15, -0.1) is 0 Å². The van der Waals surface area contributed by atoms with Crippen molar-refractivity contribution in [2.75, 3.05) is 6.61 Å². The second-order valence-corrected chi connectivity index (χ2v) is 5.27. The second kappa shape index (κ2) is 8.39. The van der Waals surface area contributed by atoms with Gasteiger partial charge in [-0.25, -0.2) is 9.78 Å². The van der Waals surface area contributed by atoms with Gasteiger partial charge in [0.2, 0.25) is 0 Å². The average Bonchev–Trinajstić information content (AvgIpc) is 2.41. The Morgan fingerprint density at radius 1 is 1.37 bits per heavy atom. The summed E-state index contributed by atoms with van der Waals surface area (Å²) in [4.78, 5) is 15.8. The summed E-state index contributed by atoms with van der Waals surface area (Å²) in [5.41, 5.74) is 0.0829. The van der Waals surface area contributed by atoms with Crippen LogP contribution >= 0.6 is 23.2 Å². The van der Waals surface area contributed by atoms with Gasteiger partial charge in [-0.2, -0.15) is 0 Å². The number of pyridine rings is 1. The number of hydrogen-bond acceptors (Lipinski definition) is 3. The van der Waals surface area contributed by atoms with Gasteiger partial charge in [0.05, 0.1) is 11.6 Å². The standard InChI is InChI=1S/C14H19Cl2NO2/c1-3-5-6-10(4-2)9-19-14(18)13-11(15)7-8-12(16)17-13/h7-8,10H,3-6,9H2,1-2H3. The predicted molar refractivity (Wildman–Crippen MR) is 77.8 cm³/mol. The minimum atomic E-state index is -0.512. The molecule has 0 spiro atoms. The molecule has 1 unspecified atom stereocenters. The Kier molecular flexibility index (Phi) is 7.17. The summed E-state index contributed by atoms with van der Waals surface area (Å²) in [5.74, 6) is -0.121. The van der Waals surface area contributed by atoms with E-state index in [0.717, 1.165) is 25.7 Å². The topological polar surface area (TPSA) is 39.2 Å². The summed E-state index contributed by atoms with van der Waals surface area (Å²) in [7, 11) is 0. The lowest BCUT2D eigenvalue weighted by atomic mass is 10.0. The van der Waals surface area contributed by atoms with Crippen molar-refractivity contribution in [3.05, 3.63) is 28.0 Å². The molecule has 3 nitrogen and oxygen atoms in total. The molecule has 0 fully saturated rings. The van der Waals surface area contributed by atoms with Crippen LogP contribution in [0.15, 0.2) is 12.1 Å². The molecule has 0 radical (unpaired) electrons. The fourth-order valence-electron chi connectivity index (χ4n) is 1.72. The van der Waals surface area contributed by atoms with Crippen LogP contribution in [0.1, 0.15) is 50.0 Å². The first-order valence-corrected chi connectivity index (χ1v) is 7.33. The van der Waals surface area contributed by atoms with E-state index in [2.05, 4.69) is 18.8 Å². The van der Waals surface area contributed by atoms with Crippen molar-refractivity contribution in [1.82, 2.24) is 4.98 Å². The fraction of sp³-hybridized carbons (Fsp3) is 0.571. The van der Waals surface area contributed by atoms with Gasteiger partial charge in [-0.05, 0) is 24.5 Å². The van der Waals surface area contributed by atoms with E-state index in [1.165, 1.54) is 6.07 Å². The number of aromatic nitrogens is 1. The van der Waals surface area contributed by atoms with Crippen molar-refractivity contribution in [3.63, 3.8) is 0 Å². The van der Waals surface area contributed by atoms with Crippen LogP contribution in [0.4, 0.5) is 0 Å². The molecule has 0 aromatic carbocycles. The first-order valence-electron chi connectivity index (χ1n) is 6.57. The van der Waals surface area contributed by atoms with Crippen LogP contribution in [0.5, 0.6) is 0 Å². The summed E-state index contributed by atoms with van der Waals surface area (Å²) in [6, 6.07) is 3.08. The number of nitrogens with zero attached hydrogens (tertiary/aromatic N) is 1. The molecule has 0 saturated carbocycles. The monoisotopic (exact) mass is 303 g/mol. The van der Waals surface area contributed by atoms with Crippen LogP contribution in [-0.2, 0) is 4.74 Å². The molecule has 1 atom stereocenters. The van der Waals surface area contributed by atoms with Crippen molar-refractivity contribution in [3.8, 4) is 0 Å². The zero-order valence-electron chi connectivity index (χ0n) is 11.3. The summed E-state index contributed by atoms with van der Waals surface area (Å²) < 4.78 is 5.27. The van der Waals surface area contributed by atoms with E-state index in [1.807, 2.05) is 0 Å². The first kappa shape index (κ1) is 16.3. The van der Waals surface area contributed by atoms with Gasteiger partial charge < -0.3 is 4.74 Å². The Bertz CT molecular complexity index is 424. The lowest BCUT2D eigenvalue weighted by Crippen LogP contribution is -2.15. The molecule has 0 aliphatic rings. The number of esters is 1. The highest BCUT2D eigenvalue weighted by Crippen LogP contribution is 2.19. The Morgan fingerprint density at radius 2 is 2.11 bits per heavy atom. The quantitative estimate of drug-likeness (QED) is 0.538. The molecular formula is C14H19Cl2NO2. The van der Waals surface area contributed by atoms with Gasteiger partial charge in [0, 0.05) is 0 Å². The lowest BCUT2D eigenvalue weighted by molar-refractivity contribution is 0.0421. The molecule has 0 aliphatic carbocycles. The smallest absolute Gasteiger partial charge is 0.358 e. The normalized spacial score (nSPS) is 12.2. The molecule has 5 heteroatoms. The number of rotatable bonds is 7. The van der Waals surface area contributed by atoms with E-state index in [1.54, 1.807) is 6.07 Å². The van der Waals surface area contributed by atoms with E-state index in [4.69, 9.17) is 27.9 Å². The summed E-state index contributed by atoms with van der Waals surface area (Å²) in [5, 5.41) is 0.491. The van der Waals surface area contributed by atoms with Gasteiger partial charge in [0.25, 0.3) is 0 Å². The maximum Gasteiger partial charge on any atom is 0.358 e. The highest BCUT2D eigenvalue weighted by atomic mass is 35.5.